The molecule has 4 heteroatoms. The standard InChI is InChI=1S/C14H22N2OS/c1-10(2)15-13-6-7-16(14(13)17)11(3)9-12-5-4-8-18-12/h4-5,8,10-11,13,15H,6-7,9H2,1-3H3. The van der Waals surface area contributed by atoms with E-state index in [0.717, 1.165) is 19.4 Å². The maximum atomic E-state index is 12.3. The van der Waals surface area contributed by atoms with Crippen molar-refractivity contribution in [2.75, 3.05) is 6.54 Å². The van der Waals surface area contributed by atoms with Gasteiger partial charge >= 0.3 is 0 Å². The van der Waals surface area contributed by atoms with Crippen molar-refractivity contribution in [1.29, 1.82) is 0 Å². The maximum absolute atomic E-state index is 12.3. The van der Waals surface area contributed by atoms with Crippen LogP contribution < -0.4 is 5.32 Å². The van der Waals surface area contributed by atoms with E-state index >= 15 is 0 Å². The molecule has 3 nitrogen and oxygen atoms in total. The highest BCUT2D eigenvalue weighted by molar-refractivity contribution is 7.09. The Kier molecular flexibility index (Phi) is 4.40. The van der Waals surface area contributed by atoms with E-state index in [-0.39, 0.29) is 11.9 Å². The molecule has 1 N–H and O–H groups in total. The number of amides is 1. The third-order valence-corrected chi connectivity index (χ3v) is 4.28. The number of carbonyl (C=O) groups is 1. The van der Waals surface area contributed by atoms with Crippen LogP contribution in [0, 0.1) is 0 Å². The molecule has 1 amide bonds. The largest absolute Gasteiger partial charge is 0.338 e. The smallest absolute Gasteiger partial charge is 0.240 e. The van der Waals surface area contributed by atoms with E-state index < -0.39 is 0 Å². The van der Waals surface area contributed by atoms with Gasteiger partial charge in [0.05, 0.1) is 6.04 Å². The molecule has 18 heavy (non-hydrogen) atoms. The number of rotatable bonds is 5. The summed E-state index contributed by atoms with van der Waals surface area (Å²) < 4.78 is 0. The van der Waals surface area contributed by atoms with Crippen molar-refractivity contribution in [3.05, 3.63) is 22.4 Å². The SMILES string of the molecule is CC(C)NC1CCN(C(C)Cc2cccs2)C1=O. The highest BCUT2D eigenvalue weighted by Crippen LogP contribution is 2.19. The summed E-state index contributed by atoms with van der Waals surface area (Å²) in [6.07, 6.45) is 1.91. The third-order valence-electron chi connectivity index (χ3n) is 3.38. The summed E-state index contributed by atoms with van der Waals surface area (Å²) in [7, 11) is 0. The fourth-order valence-corrected chi connectivity index (χ4v) is 3.35. The first-order chi connectivity index (χ1) is 8.58. The van der Waals surface area contributed by atoms with E-state index in [2.05, 4.69) is 43.6 Å². The molecule has 1 aromatic heterocycles. The molecular formula is C14H22N2OS. The average Bonchev–Trinajstić information content (AvgIpc) is 2.90. The summed E-state index contributed by atoms with van der Waals surface area (Å²) in [5.74, 6) is 0.271. The second kappa shape index (κ2) is 5.85. The van der Waals surface area contributed by atoms with E-state index in [4.69, 9.17) is 0 Å². The molecule has 1 aromatic rings. The van der Waals surface area contributed by atoms with Gasteiger partial charge in [-0.2, -0.15) is 0 Å². The Morgan fingerprint density at radius 3 is 2.89 bits per heavy atom. The first kappa shape index (κ1) is 13.6. The van der Waals surface area contributed by atoms with Gasteiger partial charge in [0, 0.05) is 29.9 Å². The zero-order chi connectivity index (χ0) is 13.1. The Morgan fingerprint density at radius 1 is 1.50 bits per heavy atom. The van der Waals surface area contributed by atoms with Crippen LogP contribution in [0.15, 0.2) is 17.5 Å². The van der Waals surface area contributed by atoms with Crippen LogP contribution in [0.25, 0.3) is 0 Å². The topological polar surface area (TPSA) is 32.3 Å². The van der Waals surface area contributed by atoms with Gasteiger partial charge in [-0.05, 0) is 24.8 Å². The third kappa shape index (κ3) is 3.12. The summed E-state index contributed by atoms with van der Waals surface area (Å²) in [6.45, 7) is 7.21. The normalized spacial score (nSPS) is 21.9. The monoisotopic (exact) mass is 266 g/mol. The molecule has 1 saturated heterocycles. The molecule has 1 fully saturated rings. The maximum Gasteiger partial charge on any atom is 0.240 e. The zero-order valence-electron chi connectivity index (χ0n) is 11.3. The molecule has 0 bridgehead atoms. The van der Waals surface area contributed by atoms with Crippen LogP contribution in [0.5, 0.6) is 0 Å². The van der Waals surface area contributed by atoms with Crippen molar-refractivity contribution in [1.82, 2.24) is 10.2 Å². The summed E-state index contributed by atoms with van der Waals surface area (Å²) in [5.41, 5.74) is 0. The van der Waals surface area contributed by atoms with Gasteiger partial charge < -0.3 is 10.2 Å². The minimum Gasteiger partial charge on any atom is -0.338 e. The summed E-state index contributed by atoms with van der Waals surface area (Å²) in [4.78, 5) is 15.7. The summed E-state index contributed by atoms with van der Waals surface area (Å²) >= 11 is 1.77. The highest BCUT2D eigenvalue weighted by atomic mass is 32.1. The number of carbonyl (C=O) groups excluding carboxylic acids is 1. The number of thiophene rings is 1. The van der Waals surface area contributed by atoms with Crippen LogP contribution in [0.4, 0.5) is 0 Å². The first-order valence-corrected chi connectivity index (χ1v) is 7.55. The highest BCUT2D eigenvalue weighted by Gasteiger charge is 2.34. The molecule has 1 aliphatic rings. The molecule has 0 saturated carbocycles. The molecule has 0 radical (unpaired) electrons. The van der Waals surface area contributed by atoms with Gasteiger partial charge in [0.25, 0.3) is 0 Å². The number of hydrogen-bond acceptors (Lipinski definition) is 3. The molecule has 1 aliphatic heterocycles. The van der Waals surface area contributed by atoms with Gasteiger partial charge in [0.15, 0.2) is 0 Å². The second-order valence-electron chi connectivity index (χ2n) is 5.33. The summed E-state index contributed by atoms with van der Waals surface area (Å²) in [5, 5.41) is 5.44. The van der Waals surface area contributed by atoms with Gasteiger partial charge in [-0.3, -0.25) is 4.79 Å². The Morgan fingerprint density at radius 2 is 2.28 bits per heavy atom. The van der Waals surface area contributed by atoms with E-state index in [1.54, 1.807) is 11.3 Å². The predicted molar refractivity (Wildman–Crippen MR) is 75.9 cm³/mol. The lowest BCUT2D eigenvalue weighted by Crippen LogP contribution is -2.44. The Bertz CT molecular complexity index is 389. The van der Waals surface area contributed by atoms with Crippen molar-refractivity contribution in [2.45, 2.75) is 51.7 Å². The number of hydrogen-bond donors (Lipinski definition) is 1. The van der Waals surface area contributed by atoms with Crippen molar-refractivity contribution < 1.29 is 4.79 Å². The van der Waals surface area contributed by atoms with Gasteiger partial charge in [0.2, 0.25) is 5.91 Å². The van der Waals surface area contributed by atoms with Gasteiger partial charge in [-0.15, -0.1) is 11.3 Å². The molecular weight excluding hydrogens is 244 g/mol. The van der Waals surface area contributed by atoms with E-state index in [1.807, 2.05) is 4.90 Å². The lowest BCUT2D eigenvalue weighted by molar-refractivity contribution is -0.131. The minimum absolute atomic E-state index is 0.0239. The molecule has 0 aromatic carbocycles. The summed E-state index contributed by atoms with van der Waals surface area (Å²) in [6, 6.07) is 4.91. The lowest BCUT2D eigenvalue weighted by Gasteiger charge is -2.25. The molecule has 100 valence electrons. The molecule has 2 heterocycles. The number of nitrogens with one attached hydrogen (secondary N) is 1. The molecule has 2 atom stereocenters. The van der Waals surface area contributed by atoms with Gasteiger partial charge in [0.1, 0.15) is 0 Å². The Labute approximate surface area is 113 Å². The second-order valence-corrected chi connectivity index (χ2v) is 6.36. The molecule has 0 spiro atoms. The lowest BCUT2D eigenvalue weighted by atomic mass is 10.2. The molecule has 2 rings (SSSR count). The fourth-order valence-electron chi connectivity index (χ4n) is 2.53. The van der Waals surface area contributed by atoms with Gasteiger partial charge in [-0.25, -0.2) is 0 Å². The van der Waals surface area contributed by atoms with Crippen molar-refractivity contribution in [3.8, 4) is 0 Å². The molecule has 2 unspecified atom stereocenters. The fraction of sp³-hybridized carbons (Fsp3) is 0.643. The van der Waals surface area contributed by atoms with Crippen molar-refractivity contribution >= 4 is 17.2 Å². The number of nitrogens with zero attached hydrogens (tertiary/aromatic N) is 1. The number of likely N-dealkylation sites (tertiary alicyclic amines) is 1. The van der Waals surface area contributed by atoms with Crippen LogP contribution in [0.2, 0.25) is 0 Å². The quantitative estimate of drug-likeness (QED) is 0.887. The van der Waals surface area contributed by atoms with Gasteiger partial charge in [-0.1, -0.05) is 19.9 Å². The van der Waals surface area contributed by atoms with Crippen LogP contribution in [-0.4, -0.2) is 35.5 Å². The Balaban J connectivity index is 1.92. The van der Waals surface area contributed by atoms with Crippen LogP contribution in [0.1, 0.15) is 32.1 Å². The zero-order valence-corrected chi connectivity index (χ0v) is 12.2. The van der Waals surface area contributed by atoms with E-state index in [0.29, 0.717) is 12.1 Å². The van der Waals surface area contributed by atoms with E-state index in [9.17, 15) is 4.79 Å². The minimum atomic E-state index is 0.0239. The predicted octanol–water partition coefficient (Wildman–Crippen LogP) is 2.28. The van der Waals surface area contributed by atoms with Crippen LogP contribution in [0.3, 0.4) is 0 Å². The van der Waals surface area contributed by atoms with Crippen molar-refractivity contribution in [3.63, 3.8) is 0 Å². The Hall–Kier alpha value is -0.870. The van der Waals surface area contributed by atoms with Crippen LogP contribution >= 0.6 is 11.3 Å². The molecule has 0 aliphatic carbocycles. The van der Waals surface area contributed by atoms with E-state index in [1.165, 1.54) is 4.88 Å². The van der Waals surface area contributed by atoms with Crippen molar-refractivity contribution in [2.24, 2.45) is 0 Å². The average molecular weight is 266 g/mol. The first-order valence-electron chi connectivity index (χ1n) is 6.67. The van der Waals surface area contributed by atoms with Crippen LogP contribution in [-0.2, 0) is 11.2 Å².